The number of nitrogens with one attached hydrogen (secondary N) is 1. The van der Waals surface area contributed by atoms with Gasteiger partial charge in [-0.05, 0) is 6.42 Å². The van der Waals surface area contributed by atoms with Gasteiger partial charge in [-0.3, -0.25) is 0 Å². The van der Waals surface area contributed by atoms with Gasteiger partial charge in [0.2, 0.25) is 0 Å². The Balaban J connectivity index is 2.36. The number of hydrogen-bond acceptors (Lipinski definition) is 3. The Hall–Kier alpha value is -0.350. The van der Waals surface area contributed by atoms with Crippen LogP contribution in [0.25, 0.3) is 0 Å². The van der Waals surface area contributed by atoms with Crippen LogP contribution in [0.3, 0.4) is 0 Å². The molecule has 1 aliphatic rings. The normalized spacial score (nSPS) is 28.5. The first-order valence-corrected chi connectivity index (χ1v) is 5.51. The minimum atomic E-state index is -2.72. The van der Waals surface area contributed by atoms with E-state index in [1.165, 1.54) is 0 Å². The van der Waals surface area contributed by atoms with Crippen LogP contribution < -0.4 is 5.32 Å². The summed E-state index contributed by atoms with van der Waals surface area (Å²) in [7, 11) is -2.72. The highest BCUT2D eigenvalue weighted by molar-refractivity contribution is 7.91. The average molecular weight is 175 g/mol. The molecule has 1 aliphatic heterocycles. The van der Waals surface area contributed by atoms with Gasteiger partial charge >= 0.3 is 0 Å². The van der Waals surface area contributed by atoms with Crippen molar-refractivity contribution in [2.75, 3.05) is 18.1 Å². The van der Waals surface area contributed by atoms with Gasteiger partial charge in [-0.1, -0.05) is 6.08 Å². The summed E-state index contributed by atoms with van der Waals surface area (Å²) in [5.74, 6) is 0.628. The zero-order valence-corrected chi connectivity index (χ0v) is 7.23. The van der Waals surface area contributed by atoms with Gasteiger partial charge in [-0.15, -0.1) is 6.58 Å². The maximum absolute atomic E-state index is 10.9. The first-order valence-electron chi connectivity index (χ1n) is 3.69. The lowest BCUT2D eigenvalue weighted by Gasteiger charge is -2.06. The summed E-state index contributed by atoms with van der Waals surface area (Å²) in [6.45, 7) is 4.24. The highest BCUT2D eigenvalue weighted by atomic mass is 32.2. The minimum absolute atomic E-state index is 0.151. The molecule has 1 heterocycles. The second-order valence-electron chi connectivity index (χ2n) is 2.80. The van der Waals surface area contributed by atoms with E-state index in [9.17, 15) is 8.42 Å². The lowest BCUT2D eigenvalue weighted by Crippen LogP contribution is -2.29. The highest BCUT2D eigenvalue weighted by Crippen LogP contribution is 2.10. The van der Waals surface area contributed by atoms with E-state index in [0.717, 1.165) is 6.42 Å². The molecule has 0 aromatic carbocycles. The lowest BCUT2D eigenvalue weighted by molar-refractivity contribution is 0.585. The lowest BCUT2D eigenvalue weighted by atomic mass is 10.3. The molecule has 0 bridgehead atoms. The van der Waals surface area contributed by atoms with E-state index in [-0.39, 0.29) is 6.04 Å². The number of sulfone groups is 1. The van der Waals surface area contributed by atoms with Crippen molar-refractivity contribution in [1.82, 2.24) is 5.32 Å². The van der Waals surface area contributed by atoms with E-state index in [1.807, 2.05) is 0 Å². The molecule has 0 saturated carbocycles. The summed E-state index contributed by atoms with van der Waals surface area (Å²) in [5.41, 5.74) is 0. The average Bonchev–Trinajstić information content (AvgIpc) is 2.26. The van der Waals surface area contributed by atoms with Gasteiger partial charge in [-0.25, -0.2) is 8.42 Å². The van der Waals surface area contributed by atoms with Gasteiger partial charge in [0.25, 0.3) is 0 Å². The first-order chi connectivity index (χ1) is 5.14. The van der Waals surface area contributed by atoms with E-state index >= 15 is 0 Å². The van der Waals surface area contributed by atoms with Gasteiger partial charge in [0.1, 0.15) is 0 Å². The third-order valence-electron chi connectivity index (χ3n) is 1.78. The van der Waals surface area contributed by atoms with Crippen LogP contribution >= 0.6 is 0 Å². The maximum atomic E-state index is 10.9. The molecule has 0 aliphatic carbocycles. The van der Waals surface area contributed by atoms with Crippen molar-refractivity contribution in [2.45, 2.75) is 12.5 Å². The Morgan fingerprint density at radius 2 is 2.36 bits per heavy atom. The zero-order valence-electron chi connectivity index (χ0n) is 6.41. The van der Waals surface area contributed by atoms with Gasteiger partial charge in [-0.2, -0.15) is 0 Å². The van der Waals surface area contributed by atoms with Crippen LogP contribution in [0, 0.1) is 0 Å². The van der Waals surface area contributed by atoms with Crippen LogP contribution in [-0.4, -0.2) is 32.5 Å². The molecular weight excluding hydrogens is 162 g/mol. The fourth-order valence-corrected chi connectivity index (χ4v) is 2.91. The van der Waals surface area contributed by atoms with E-state index in [2.05, 4.69) is 11.9 Å². The standard InChI is InChI=1S/C7H13NO2S/c1-2-4-8-7-3-5-11(9,10)6-7/h2,7-8H,1,3-6H2. The Morgan fingerprint density at radius 3 is 2.82 bits per heavy atom. The third-order valence-corrected chi connectivity index (χ3v) is 3.55. The smallest absolute Gasteiger partial charge is 0.151 e. The molecule has 1 rings (SSSR count). The molecule has 1 N–H and O–H groups in total. The predicted octanol–water partition coefficient (Wildman–Crippen LogP) is -0.0509. The minimum Gasteiger partial charge on any atom is -0.309 e. The summed E-state index contributed by atoms with van der Waals surface area (Å²) >= 11 is 0. The number of hydrogen-bond donors (Lipinski definition) is 1. The molecule has 0 radical (unpaired) electrons. The van der Waals surface area contributed by atoms with Crippen LogP contribution in [0.1, 0.15) is 6.42 Å². The van der Waals surface area contributed by atoms with Crippen molar-refractivity contribution < 1.29 is 8.42 Å². The molecule has 1 saturated heterocycles. The van der Waals surface area contributed by atoms with E-state index in [0.29, 0.717) is 18.1 Å². The van der Waals surface area contributed by atoms with E-state index in [4.69, 9.17) is 0 Å². The molecule has 11 heavy (non-hydrogen) atoms. The van der Waals surface area contributed by atoms with Crippen LogP contribution in [0.15, 0.2) is 12.7 Å². The predicted molar refractivity (Wildman–Crippen MR) is 45.3 cm³/mol. The van der Waals surface area contributed by atoms with Crippen molar-refractivity contribution in [2.24, 2.45) is 0 Å². The summed E-state index contributed by atoms with van der Waals surface area (Å²) in [4.78, 5) is 0. The molecule has 64 valence electrons. The second kappa shape index (κ2) is 3.36. The monoisotopic (exact) mass is 175 g/mol. The van der Waals surface area contributed by atoms with Crippen LogP contribution in [0.4, 0.5) is 0 Å². The van der Waals surface area contributed by atoms with Crippen molar-refractivity contribution in [3.05, 3.63) is 12.7 Å². The molecule has 1 atom stereocenters. The summed E-state index contributed by atoms with van der Waals surface area (Å²) in [6, 6.07) is 0.151. The van der Waals surface area contributed by atoms with Crippen molar-refractivity contribution in [1.29, 1.82) is 0 Å². The molecule has 4 heteroatoms. The molecule has 0 amide bonds. The molecule has 0 spiro atoms. The first kappa shape index (κ1) is 8.74. The summed E-state index contributed by atoms with van der Waals surface area (Å²) in [5, 5.41) is 3.09. The molecular formula is C7H13NO2S. The Labute approximate surface area is 67.4 Å². The van der Waals surface area contributed by atoms with Crippen LogP contribution in [0.5, 0.6) is 0 Å². The number of rotatable bonds is 3. The quantitative estimate of drug-likeness (QED) is 0.612. The Morgan fingerprint density at radius 1 is 1.64 bits per heavy atom. The summed E-state index contributed by atoms with van der Waals surface area (Å²) < 4.78 is 21.9. The SMILES string of the molecule is C=CCNC1CCS(=O)(=O)C1. The van der Waals surface area contributed by atoms with E-state index in [1.54, 1.807) is 6.08 Å². The molecule has 0 aromatic heterocycles. The van der Waals surface area contributed by atoms with Gasteiger partial charge in [0.05, 0.1) is 11.5 Å². The fourth-order valence-electron chi connectivity index (χ4n) is 1.21. The van der Waals surface area contributed by atoms with Crippen LogP contribution in [0.2, 0.25) is 0 Å². The van der Waals surface area contributed by atoms with Gasteiger partial charge in [0, 0.05) is 12.6 Å². The van der Waals surface area contributed by atoms with E-state index < -0.39 is 9.84 Å². The topological polar surface area (TPSA) is 46.2 Å². The third kappa shape index (κ3) is 2.63. The second-order valence-corrected chi connectivity index (χ2v) is 5.03. The maximum Gasteiger partial charge on any atom is 0.151 e. The van der Waals surface area contributed by atoms with Crippen LogP contribution in [-0.2, 0) is 9.84 Å². The molecule has 3 nitrogen and oxygen atoms in total. The Kier molecular flexibility index (Phi) is 2.67. The molecule has 1 fully saturated rings. The largest absolute Gasteiger partial charge is 0.309 e. The van der Waals surface area contributed by atoms with Crippen molar-refractivity contribution >= 4 is 9.84 Å². The van der Waals surface area contributed by atoms with Crippen molar-refractivity contribution in [3.63, 3.8) is 0 Å². The Bertz CT molecular complexity index is 233. The van der Waals surface area contributed by atoms with Crippen molar-refractivity contribution in [3.8, 4) is 0 Å². The highest BCUT2D eigenvalue weighted by Gasteiger charge is 2.26. The molecule has 1 unspecified atom stereocenters. The fraction of sp³-hybridized carbons (Fsp3) is 0.714. The van der Waals surface area contributed by atoms with Gasteiger partial charge < -0.3 is 5.32 Å². The summed E-state index contributed by atoms with van der Waals surface area (Å²) in [6.07, 6.45) is 2.49. The van der Waals surface area contributed by atoms with Gasteiger partial charge in [0.15, 0.2) is 9.84 Å². The molecule has 0 aromatic rings. The zero-order chi connectivity index (χ0) is 8.32.